The molecule has 0 aromatic rings. The third-order valence-corrected chi connectivity index (χ3v) is 6.84. The van der Waals surface area contributed by atoms with Crippen LogP contribution in [0.4, 0.5) is 0 Å². The minimum absolute atomic E-state index is 0.321. The summed E-state index contributed by atoms with van der Waals surface area (Å²) < 4.78 is 11.9. The van der Waals surface area contributed by atoms with E-state index in [-0.39, 0.29) is 0 Å². The predicted molar refractivity (Wildman–Crippen MR) is 123 cm³/mol. The van der Waals surface area contributed by atoms with Gasteiger partial charge in [-0.15, -0.1) is 0 Å². The second-order valence-corrected chi connectivity index (χ2v) is 8.97. The summed E-state index contributed by atoms with van der Waals surface area (Å²) in [7, 11) is 1.90. The molecule has 0 amide bonds. The number of nitrogens with zero attached hydrogens (tertiary/aromatic N) is 4. The standard InChI is InChI=1S/C23H45N5O2/c1-3-26-15-17-27(18-16-26)12-6-5-11-25-23(24-2)28-13-9-21(10-14-28)30-20-22-8-4-7-19-29-22/h21-22H,3-20H2,1-2H3,(H,24,25). The zero-order chi connectivity index (χ0) is 21.0. The molecule has 0 aliphatic carbocycles. The van der Waals surface area contributed by atoms with E-state index in [0.717, 1.165) is 58.1 Å². The molecule has 7 heteroatoms. The molecule has 3 saturated heterocycles. The first kappa shape index (κ1) is 23.8. The molecule has 0 spiro atoms. The Bertz CT molecular complexity index is 482. The van der Waals surface area contributed by atoms with Crippen molar-refractivity contribution in [2.45, 2.75) is 64.1 Å². The fraction of sp³-hybridized carbons (Fsp3) is 0.957. The lowest BCUT2D eigenvalue weighted by atomic mass is 10.1. The van der Waals surface area contributed by atoms with Crippen LogP contribution in [0.25, 0.3) is 0 Å². The van der Waals surface area contributed by atoms with Gasteiger partial charge in [0.25, 0.3) is 0 Å². The van der Waals surface area contributed by atoms with Crippen LogP contribution in [0.1, 0.15) is 51.9 Å². The Morgan fingerprint density at radius 3 is 2.43 bits per heavy atom. The number of ether oxygens (including phenoxy) is 2. The molecule has 0 bridgehead atoms. The minimum atomic E-state index is 0.321. The highest BCUT2D eigenvalue weighted by molar-refractivity contribution is 5.79. The van der Waals surface area contributed by atoms with Gasteiger partial charge in [0.2, 0.25) is 0 Å². The summed E-state index contributed by atoms with van der Waals surface area (Å²) in [6.45, 7) is 14.3. The molecule has 3 aliphatic rings. The summed E-state index contributed by atoms with van der Waals surface area (Å²) in [5.74, 6) is 1.06. The molecule has 1 unspecified atom stereocenters. The van der Waals surface area contributed by atoms with E-state index in [1.54, 1.807) is 0 Å². The first-order valence-corrected chi connectivity index (χ1v) is 12.4. The summed E-state index contributed by atoms with van der Waals surface area (Å²) >= 11 is 0. The van der Waals surface area contributed by atoms with Gasteiger partial charge in [0.05, 0.1) is 18.8 Å². The third-order valence-electron chi connectivity index (χ3n) is 6.84. The van der Waals surface area contributed by atoms with Gasteiger partial charge in [0.1, 0.15) is 0 Å². The second-order valence-electron chi connectivity index (χ2n) is 8.97. The fourth-order valence-electron chi connectivity index (χ4n) is 4.74. The van der Waals surface area contributed by atoms with Gasteiger partial charge in [-0.05, 0) is 58.0 Å². The van der Waals surface area contributed by atoms with Crippen LogP contribution < -0.4 is 5.32 Å². The second kappa shape index (κ2) is 13.5. The largest absolute Gasteiger partial charge is 0.376 e. The van der Waals surface area contributed by atoms with E-state index in [0.29, 0.717) is 12.2 Å². The summed E-state index contributed by atoms with van der Waals surface area (Å²) in [4.78, 5) is 12.1. The molecule has 3 heterocycles. The van der Waals surface area contributed by atoms with Crippen LogP contribution >= 0.6 is 0 Å². The average molecular weight is 424 g/mol. The highest BCUT2D eigenvalue weighted by Gasteiger charge is 2.23. The number of aliphatic imine (C=N–C) groups is 1. The van der Waals surface area contributed by atoms with Crippen LogP contribution in [0.15, 0.2) is 4.99 Å². The Hall–Kier alpha value is -0.890. The van der Waals surface area contributed by atoms with Crippen LogP contribution in [0.3, 0.4) is 0 Å². The van der Waals surface area contributed by atoms with Crippen LogP contribution in [-0.2, 0) is 9.47 Å². The molecule has 30 heavy (non-hydrogen) atoms. The van der Waals surface area contributed by atoms with Crippen molar-refractivity contribution in [3.8, 4) is 0 Å². The highest BCUT2D eigenvalue weighted by Crippen LogP contribution is 2.18. The molecule has 1 atom stereocenters. The Balaban J connectivity index is 1.23. The van der Waals surface area contributed by atoms with Gasteiger partial charge >= 0.3 is 0 Å². The number of rotatable bonds is 9. The molecule has 174 valence electrons. The molecule has 0 radical (unpaired) electrons. The van der Waals surface area contributed by atoms with Crippen molar-refractivity contribution in [3.05, 3.63) is 0 Å². The van der Waals surface area contributed by atoms with E-state index in [1.165, 1.54) is 65.0 Å². The highest BCUT2D eigenvalue weighted by atomic mass is 16.5. The Morgan fingerprint density at radius 1 is 1.00 bits per heavy atom. The molecular weight excluding hydrogens is 378 g/mol. The van der Waals surface area contributed by atoms with Gasteiger partial charge in [0.15, 0.2) is 5.96 Å². The van der Waals surface area contributed by atoms with Gasteiger partial charge < -0.3 is 29.5 Å². The SMILES string of the molecule is CCN1CCN(CCCCNC(=NC)N2CCC(OCC3CCCCO3)CC2)CC1. The van der Waals surface area contributed by atoms with Crippen molar-refractivity contribution < 1.29 is 9.47 Å². The van der Waals surface area contributed by atoms with E-state index >= 15 is 0 Å². The monoisotopic (exact) mass is 423 g/mol. The molecule has 1 N–H and O–H groups in total. The lowest BCUT2D eigenvalue weighted by molar-refractivity contribution is -0.0721. The van der Waals surface area contributed by atoms with Crippen molar-refractivity contribution in [2.75, 3.05) is 79.2 Å². The van der Waals surface area contributed by atoms with Crippen LogP contribution in [0.2, 0.25) is 0 Å². The number of hydrogen-bond acceptors (Lipinski definition) is 5. The van der Waals surface area contributed by atoms with Gasteiger partial charge in [-0.1, -0.05) is 6.92 Å². The maximum atomic E-state index is 6.15. The van der Waals surface area contributed by atoms with E-state index in [2.05, 4.69) is 31.9 Å². The van der Waals surface area contributed by atoms with Crippen molar-refractivity contribution in [2.24, 2.45) is 4.99 Å². The van der Waals surface area contributed by atoms with E-state index < -0.39 is 0 Å². The van der Waals surface area contributed by atoms with Gasteiger partial charge in [-0.3, -0.25) is 4.99 Å². The number of likely N-dealkylation sites (N-methyl/N-ethyl adjacent to an activating group) is 1. The van der Waals surface area contributed by atoms with E-state index in [1.807, 2.05) is 7.05 Å². The van der Waals surface area contributed by atoms with Gasteiger partial charge in [-0.25, -0.2) is 0 Å². The zero-order valence-corrected chi connectivity index (χ0v) is 19.5. The summed E-state index contributed by atoms with van der Waals surface area (Å²) in [5, 5.41) is 3.58. The van der Waals surface area contributed by atoms with Crippen LogP contribution in [0, 0.1) is 0 Å². The summed E-state index contributed by atoms with van der Waals surface area (Å²) in [5.41, 5.74) is 0. The lowest BCUT2D eigenvalue weighted by Gasteiger charge is -2.35. The number of guanidine groups is 1. The number of piperazine rings is 1. The maximum absolute atomic E-state index is 6.15. The van der Waals surface area contributed by atoms with Crippen molar-refractivity contribution in [1.82, 2.24) is 20.0 Å². The molecular formula is C23H45N5O2. The Kier molecular flexibility index (Phi) is 10.7. The molecule has 0 saturated carbocycles. The van der Waals surface area contributed by atoms with E-state index in [4.69, 9.17) is 9.47 Å². The van der Waals surface area contributed by atoms with Crippen molar-refractivity contribution in [3.63, 3.8) is 0 Å². The topological polar surface area (TPSA) is 52.6 Å². The number of hydrogen-bond donors (Lipinski definition) is 1. The molecule has 3 aliphatic heterocycles. The Morgan fingerprint density at radius 2 is 1.77 bits per heavy atom. The summed E-state index contributed by atoms with van der Waals surface area (Å²) in [6, 6.07) is 0. The van der Waals surface area contributed by atoms with E-state index in [9.17, 15) is 0 Å². The smallest absolute Gasteiger partial charge is 0.193 e. The van der Waals surface area contributed by atoms with Crippen molar-refractivity contribution >= 4 is 5.96 Å². The first-order chi connectivity index (χ1) is 14.8. The quantitative estimate of drug-likeness (QED) is 0.348. The molecule has 0 aromatic carbocycles. The number of likely N-dealkylation sites (tertiary alicyclic amines) is 1. The number of unbranched alkanes of at least 4 members (excludes halogenated alkanes) is 1. The average Bonchev–Trinajstić information content (AvgIpc) is 2.81. The zero-order valence-electron chi connectivity index (χ0n) is 19.5. The minimum Gasteiger partial charge on any atom is -0.376 e. The molecule has 3 fully saturated rings. The van der Waals surface area contributed by atoms with Crippen LogP contribution in [0.5, 0.6) is 0 Å². The van der Waals surface area contributed by atoms with Crippen molar-refractivity contribution in [1.29, 1.82) is 0 Å². The van der Waals surface area contributed by atoms with Gasteiger partial charge in [-0.2, -0.15) is 0 Å². The molecule has 0 aromatic heterocycles. The number of piperidine rings is 1. The molecule has 7 nitrogen and oxygen atoms in total. The summed E-state index contributed by atoms with van der Waals surface area (Å²) in [6.07, 6.45) is 8.96. The Labute approximate surface area is 184 Å². The first-order valence-electron chi connectivity index (χ1n) is 12.4. The number of nitrogens with one attached hydrogen (secondary N) is 1. The maximum Gasteiger partial charge on any atom is 0.193 e. The fourth-order valence-corrected chi connectivity index (χ4v) is 4.74. The normalized spacial score (nSPS) is 25.6. The predicted octanol–water partition coefficient (Wildman–Crippen LogP) is 2.03. The third kappa shape index (κ3) is 7.98. The lowest BCUT2D eigenvalue weighted by Crippen LogP contribution is -2.47. The van der Waals surface area contributed by atoms with Crippen LogP contribution in [-0.4, -0.2) is 112 Å². The van der Waals surface area contributed by atoms with Gasteiger partial charge in [0, 0.05) is 59.5 Å². The molecule has 3 rings (SSSR count).